The number of nitrogens with one attached hydrogen (secondary N) is 1. The Morgan fingerprint density at radius 2 is 2.00 bits per heavy atom. The van der Waals surface area contributed by atoms with Gasteiger partial charge in [0.05, 0.1) is 23.6 Å². The van der Waals surface area contributed by atoms with Gasteiger partial charge < -0.3 is 5.32 Å². The number of hydrogen-bond donors (Lipinski definition) is 1. The number of aromatic nitrogens is 4. The van der Waals surface area contributed by atoms with Crippen LogP contribution in [0.25, 0.3) is 0 Å². The maximum Gasteiger partial charge on any atom is 0.0831 e. The Morgan fingerprint density at radius 3 is 2.58 bits per heavy atom. The summed E-state index contributed by atoms with van der Waals surface area (Å²) in [6, 6.07) is 2.16. The Balaban J connectivity index is 2.28. The summed E-state index contributed by atoms with van der Waals surface area (Å²) in [6.07, 6.45) is 0.968. The van der Waals surface area contributed by atoms with E-state index in [1.165, 1.54) is 17.0 Å². The minimum Gasteiger partial charge on any atom is -0.316 e. The molecule has 0 spiro atoms. The third-order valence-electron chi connectivity index (χ3n) is 3.59. The maximum atomic E-state index is 4.64. The van der Waals surface area contributed by atoms with E-state index in [-0.39, 0.29) is 0 Å². The number of aryl methyl sites for hydroxylation is 3. The highest BCUT2D eigenvalue weighted by Gasteiger charge is 2.12. The molecular weight excluding hydrogens is 238 g/mol. The number of hydrogen-bond acceptors (Lipinski definition) is 3. The van der Waals surface area contributed by atoms with E-state index >= 15 is 0 Å². The van der Waals surface area contributed by atoms with Crippen LogP contribution in [0.1, 0.15) is 35.3 Å². The maximum absolute atomic E-state index is 4.64. The zero-order valence-electron chi connectivity index (χ0n) is 12.5. The Hall–Kier alpha value is -1.62. The molecule has 2 aromatic heterocycles. The molecule has 2 heterocycles. The highest BCUT2D eigenvalue weighted by Crippen LogP contribution is 2.15. The summed E-state index contributed by atoms with van der Waals surface area (Å²) in [4.78, 5) is 0. The predicted molar refractivity (Wildman–Crippen MR) is 76.2 cm³/mol. The van der Waals surface area contributed by atoms with Crippen LogP contribution in [0.15, 0.2) is 6.07 Å². The molecule has 0 saturated carbocycles. The number of rotatable bonds is 5. The van der Waals surface area contributed by atoms with Gasteiger partial charge in [-0.25, -0.2) is 0 Å². The summed E-state index contributed by atoms with van der Waals surface area (Å²) < 4.78 is 4.02. The van der Waals surface area contributed by atoms with Gasteiger partial charge >= 0.3 is 0 Å². The van der Waals surface area contributed by atoms with Crippen LogP contribution in [0.3, 0.4) is 0 Å². The molecule has 19 heavy (non-hydrogen) atoms. The molecule has 0 saturated heterocycles. The van der Waals surface area contributed by atoms with Crippen LogP contribution in [0.5, 0.6) is 0 Å². The zero-order valence-corrected chi connectivity index (χ0v) is 12.5. The minimum atomic E-state index is 0.778. The van der Waals surface area contributed by atoms with Gasteiger partial charge in [-0.2, -0.15) is 10.2 Å². The first-order valence-corrected chi connectivity index (χ1v) is 6.76. The summed E-state index contributed by atoms with van der Waals surface area (Å²) in [7, 11) is 3.96. The van der Waals surface area contributed by atoms with Gasteiger partial charge in [0.2, 0.25) is 0 Å². The predicted octanol–water partition coefficient (Wildman–Crippen LogP) is 1.56. The number of nitrogens with zero attached hydrogens (tertiary/aromatic N) is 4. The van der Waals surface area contributed by atoms with Gasteiger partial charge in [-0.05, 0) is 33.4 Å². The van der Waals surface area contributed by atoms with Crippen molar-refractivity contribution >= 4 is 0 Å². The fraction of sp³-hybridized carbons (Fsp3) is 0.571. The standard InChI is InChI=1S/C14H23N5/c1-6-12-7-13(18(5)17-12)9-19-11(3)14(8-15-4)10(2)16-19/h7,15H,6,8-9H2,1-5H3. The lowest BCUT2D eigenvalue weighted by Crippen LogP contribution is -2.10. The van der Waals surface area contributed by atoms with Crippen LogP contribution < -0.4 is 5.32 Å². The van der Waals surface area contributed by atoms with Crippen LogP contribution in [0, 0.1) is 13.8 Å². The fourth-order valence-corrected chi connectivity index (χ4v) is 2.37. The molecule has 0 aliphatic carbocycles. The molecule has 0 radical (unpaired) electrons. The SMILES string of the molecule is CCc1cc(Cn2nc(C)c(CNC)c2C)n(C)n1. The van der Waals surface area contributed by atoms with Crippen molar-refractivity contribution in [2.75, 3.05) is 7.05 Å². The van der Waals surface area contributed by atoms with Gasteiger partial charge in [0.25, 0.3) is 0 Å². The van der Waals surface area contributed by atoms with Crippen molar-refractivity contribution < 1.29 is 0 Å². The molecule has 0 aliphatic heterocycles. The molecule has 0 bridgehead atoms. The Morgan fingerprint density at radius 1 is 1.26 bits per heavy atom. The van der Waals surface area contributed by atoms with Crippen molar-refractivity contribution in [2.45, 2.75) is 40.3 Å². The van der Waals surface area contributed by atoms with Gasteiger partial charge in [-0.15, -0.1) is 0 Å². The second-order valence-electron chi connectivity index (χ2n) is 4.94. The summed E-state index contributed by atoms with van der Waals surface area (Å²) in [6.45, 7) is 7.96. The van der Waals surface area contributed by atoms with E-state index in [1.807, 2.05) is 18.8 Å². The minimum absolute atomic E-state index is 0.778. The molecule has 0 fully saturated rings. The quantitative estimate of drug-likeness (QED) is 0.888. The average molecular weight is 261 g/mol. The molecule has 2 rings (SSSR count). The van der Waals surface area contributed by atoms with E-state index < -0.39 is 0 Å². The molecule has 0 atom stereocenters. The van der Waals surface area contributed by atoms with Crippen molar-refractivity contribution in [1.82, 2.24) is 24.9 Å². The van der Waals surface area contributed by atoms with Crippen LogP contribution in [0.4, 0.5) is 0 Å². The Labute approximate surface area is 114 Å². The third-order valence-corrected chi connectivity index (χ3v) is 3.59. The Bertz CT molecular complexity index is 565. The molecule has 104 valence electrons. The molecule has 0 amide bonds. The lowest BCUT2D eigenvalue weighted by atomic mass is 10.2. The van der Waals surface area contributed by atoms with E-state index in [0.717, 1.165) is 30.9 Å². The van der Waals surface area contributed by atoms with Crippen LogP contribution in [-0.4, -0.2) is 26.6 Å². The average Bonchev–Trinajstić information content (AvgIpc) is 2.86. The molecule has 0 unspecified atom stereocenters. The first-order valence-electron chi connectivity index (χ1n) is 6.76. The highest BCUT2D eigenvalue weighted by molar-refractivity contribution is 5.25. The molecule has 2 aromatic rings. The molecule has 1 N–H and O–H groups in total. The van der Waals surface area contributed by atoms with Crippen molar-refractivity contribution in [3.8, 4) is 0 Å². The van der Waals surface area contributed by atoms with Crippen LogP contribution in [-0.2, 0) is 26.6 Å². The van der Waals surface area contributed by atoms with E-state index in [0.29, 0.717) is 0 Å². The lowest BCUT2D eigenvalue weighted by Gasteiger charge is -2.05. The normalized spacial score (nSPS) is 11.2. The van der Waals surface area contributed by atoms with Crippen molar-refractivity contribution in [1.29, 1.82) is 0 Å². The van der Waals surface area contributed by atoms with Crippen molar-refractivity contribution in [3.05, 3.63) is 34.4 Å². The first-order chi connectivity index (χ1) is 9.06. The van der Waals surface area contributed by atoms with Crippen molar-refractivity contribution in [3.63, 3.8) is 0 Å². The van der Waals surface area contributed by atoms with Crippen molar-refractivity contribution in [2.24, 2.45) is 7.05 Å². The summed E-state index contributed by atoms with van der Waals surface area (Å²) in [5, 5.41) is 12.3. The fourth-order valence-electron chi connectivity index (χ4n) is 2.37. The summed E-state index contributed by atoms with van der Waals surface area (Å²) in [5.74, 6) is 0. The van der Waals surface area contributed by atoms with E-state index in [4.69, 9.17) is 0 Å². The Kier molecular flexibility index (Phi) is 4.04. The van der Waals surface area contributed by atoms with Gasteiger partial charge in [-0.3, -0.25) is 9.36 Å². The first kappa shape index (κ1) is 13.8. The van der Waals surface area contributed by atoms with Crippen LogP contribution in [0.2, 0.25) is 0 Å². The smallest absolute Gasteiger partial charge is 0.0831 e. The summed E-state index contributed by atoms with van der Waals surface area (Å²) >= 11 is 0. The van der Waals surface area contributed by atoms with Gasteiger partial charge in [-0.1, -0.05) is 6.92 Å². The molecule has 0 aliphatic rings. The molecule has 5 nitrogen and oxygen atoms in total. The van der Waals surface area contributed by atoms with Crippen LogP contribution >= 0.6 is 0 Å². The molecule has 5 heteroatoms. The van der Waals surface area contributed by atoms with Gasteiger partial charge in [0.1, 0.15) is 0 Å². The second-order valence-corrected chi connectivity index (χ2v) is 4.94. The van der Waals surface area contributed by atoms with Gasteiger partial charge in [0, 0.05) is 24.8 Å². The highest BCUT2D eigenvalue weighted by atomic mass is 15.3. The molecular formula is C14H23N5. The third kappa shape index (κ3) is 2.71. The van der Waals surface area contributed by atoms with E-state index in [2.05, 4.69) is 47.0 Å². The monoisotopic (exact) mass is 261 g/mol. The zero-order chi connectivity index (χ0) is 14.0. The van der Waals surface area contributed by atoms with E-state index in [9.17, 15) is 0 Å². The second kappa shape index (κ2) is 5.57. The lowest BCUT2D eigenvalue weighted by molar-refractivity contribution is 0.601. The summed E-state index contributed by atoms with van der Waals surface area (Å²) in [5.41, 5.74) is 5.95. The largest absolute Gasteiger partial charge is 0.316 e. The molecule has 0 aromatic carbocycles. The van der Waals surface area contributed by atoms with Gasteiger partial charge in [0.15, 0.2) is 0 Å². The van der Waals surface area contributed by atoms with E-state index in [1.54, 1.807) is 0 Å². The topological polar surface area (TPSA) is 47.7 Å².